The molecule has 0 bridgehead atoms. The number of benzene rings is 4. The van der Waals surface area contributed by atoms with Gasteiger partial charge in [0.2, 0.25) is 11.8 Å². The SMILES string of the molecule is CC[C@@H](C)NC(=O)[C@@H](Cc1ccccc1)N(Cc1ccc(Cl)cc1)C(=O)CN(c1ccc(C)cc1)S(=O)(=O)c1ccc(OC)c(Br)c1. The van der Waals surface area contributed by atoms with Crippen LogP contribution in [0.5, 0.6) is 5.75 Å². The van der Waals surface area contributed by atoms with Crippen LogP contribution in [0.4, 0.5) is 5.69 Å². The molecule has 0 aromatic heterocycles. The number of carbonyl (C=O) groups excluding carboxylic acids is 2. The normalized spacial score (nSPS) is 12.6. The molecule has 4 rings (SSSR count). The number of hydrogen-bond donors (Lipinski definition) is 1. The Morgan fingerprint density at radius 3 is 2.19 bits per heavy atom. The molecule has 47 heavy (non-hydrogen) atoms. The van der Waals surface area contributed by atoms with Crippen molar-refractivity contribution in [2.24, 2.45) is 0 Å². The predicted octanol–water partition coefficient (Wildman–Crippen LogP) is 7.17. The molecule has 0 saturated carbocycles. The largest absolute Gasteiger partial charge is 0.496 e. The molecule has 1 N–H and O–H groups in total. The lowest BCUT2D eigenvalue weighted by Crippen LogP contribution is -2.54. The Labute approximate surface area is 290 Å². The molecule has 0 aliphatic heterocycles. The van der Waals surface area contributed by atoms with Gasteiger partial charge in [-0.3, -0.25) is 13.9 Å². The standard InChI is InChI=1S/C36H39BrClN3O5S/c1-5-26(3)39-36(43)33(21-27-9-7-6-8-10-27)40(23-28-13-15-29(38)16-14-28)35(42)24-41(30-17-11-25(2)12-18-30)47(44,45)31-19-20-34(46-4)32(37)22-31/h6-20,22,26,33H,5,21,23-24H2,1-4H3,(H,39,43)/t26-,33-/m1/s1. The molecule has 0 radical (unpaired) electrons. The van der Waals surface area contributed by atoms with Crippen molar-refractivity contribution in [1.29, 1.82) is 0 Å². The number of nitrogens with zero attached hydrogens (tertiary/aromatic N) is 2. The van der Waals surface area contributed by atoms with Crippen LogP contribution >= 0.6 is 27.5 Å². The molecule has 4 aromatic rings. The average molecular weight is 741 g/mol. The predicted molar refractivity (Wildman–Crippen MR) is 190 cm³/mol. The zero-order chi connectivity index (χ0) is 34.1. The molecule has 0 heterocycles. The number of aryl methyl sites for hydroxylation is 1. The van der Waals surface area contributed by atoms with Crippen LogP contribution in [0.25, 0.3) is 0 Å². The topological polar surface area (TPSA) is 96.0 Å². The van der Waals surface area contributed by atoms with Crippen molar-refractivity contribution in [2.45, 2.75) is 57.1 Å². The molecule has 0 aliphatic carbocycles. The van der Waals surface area contributed by atoms with Gasteiger partial charge in [0.05, 0.1) is 22.2 Å². The molecule has 0 spiro atoms. The highest BCUT2D eigenvalue weighted by Crippen LogP contribution is 2.31. The fourth-order valence-electron chi connectivity index (χ4n) is 4.96. The number of ether oxygens (including phenoxy) is 1. The summed E-state index contributed by atoms with van der Waals surface area (Å²) in [5.41, 5.74) is 2.84. The lowest BCUT2D eigenvalue weighted by molar-refractivity contribution is -0.140. The van der Waals surface area contributed by atoms with E-state index in [1.165, 1.54) is 24.1 Å². The highest BCUT2D eigenvalue weighted by atomic mass is 79.9. The fourth-order valence-corrected chi connectivity index (χ4v) is 7.22. The Morgan fingerprint density at radius 2 is 1.60 bits per heavy atom. The van der Waals surface area contributed by atoms with Crippen molar-refractivity contribution < 1.29 is 22.7 Å². The third-order valence-electron chi connectivity index (χ3n) is 7.85. The summed E-state index contributed by atoms with van der Waals surface area (Å²) in [7, 11) is -2.78. The van der Waals surface area contributed by atoms with Crippen molar-refractivity contribution in [3.8, 4) is 5.75 Å². The summed E-state index contributed by atoms with van der Waals surface area (Å²) < 4.78 is 35.4. The summed E-state index contributed by atoms with van der Waals surface area (Å²) in [5, 5.41) is 3.57. The lowest BCUT2D eigenvalue weighted by atomic mass is 10.0. The number of hydrogen-bond acceptors (Lipinski definition) is 5. The van der Waals surface area contributed by atoms with Crippen molar-refractivity contribution in [3.63, 3.8) is 0 Å². The zero-order valence-electron chi connectivity index (χ0n) is 26.8. The third kappa shape index (κ3) is 9.37. The van der Waals surface area contributed by atoms with Crippen LogP contribution in [-0.4, -0.2) is 50.9 Å². The van der Waals surface area contributed by atoms with Crippen molar-refractivity contribution in [1.82, 2.24) is 10.2 Å². The van der Waals surface area contributed by atoms with Gasteiger partial charge < -0.3 is 15.0 Å². The van der Waals surface area contributed by atoms with E-state index in [4.69, 9.17) is 16.3 Å². The van der Waals surface area contributed by atoms with E-state index < -0.39 is 28.5 Å². The zero-order valence-corrected chi connectivity index (χ0v) is 30.0. The number of halogens is 2. The first kappa shape index (κ1) is 36.0. The minimum atomic E-state index is -4.27. The van der Waals surface area contributed by atoms with Crippen molar-refractivity contribution in [2.75, 3.05) is 18.0 Å². The first-order valence-electron chi connectivity index (χ1n) is 15.2. The van der Waals surface area contributed by atoms with E-state index in [-0.39, 0.29) is 29.8 Å². The van der Waals surface area contributed by atoms with E-state index in [0.717, 1.165) is 21.0 Å². The van der Waals surface area contributed by atoms with Crippen LogP contribution in [0.1, 0.15) is 37.0 Å². The lowest BCUT2D eigenvalue weighted by Gasteiger charge is -2.34. The van der Waals surface area contributed by atoms with E-state index in [0.29, 0.717) is 27.4 Å². The number of sulfonamides is 1. The van der Waals surface area contributed by atoms with Crippen LogP contribution in [0.15, 0.2) is 106 Å². The molecule has 0 fully saturated rings. The molecule has 2 atom stereocenters. The van der Waals surface area contributed by atoms with Gasteiger partial charge in [-0.15, -0.1) is 0 Å². The summed E-state index contributed by atoms with van der Waals surface area (Å²) in [6.07, 6.45) is 0.928. The number of nitrogens with one attached hydrogen (secondary N) is 1. The van der Waals surface area contributed by atoms with E-state index in [1.54, 1.807) is 54.6 Å². The van der Waals surface area contributed by atoms with E-state index in [9.17, 15) is 18.0 Å². The number of rotatable bonds is 14. The highest BCUT2D eigenvalue weighted by molar-refractivity contribution is 9.10. The van der Waals surface area contributed by atoms with Gasteiger partial charge >= 0.3 is 0 Å². The van der Waals surface area contributed by atoms with E-state index >= 15 is 0 Å². The number of carbonyl (C=O) groups is 2. The second kappa shape index (κ2) is 16.3. The minimum Gasteiger partial charge on any atom is -0.496 e. The molecule has 0 saturated heterocycles. The first-order chi connectivity index (χ1) is 22.4. The second-order valence-electron chi connectivity index (χ2n) is 11.3. The van der Waals surface area contributed by atoms with E-state index in [2.05, 4.69) is 21.2 Å². The average Bonchev–Trinajstić information content (AvgIpc) is 3.06. The Hall–Kier alpha value is -3.86. The Balaban J connectivity index is 1.81. The molecule has 11 heteroatoms. The Bertz CT molecular complexity index is 1770. The molecule has 248 valence electrons. The molecular formula is C36H39BrClN3O5S. The summed E-state index contributed by atoms with van der Waals surface area (Å²) in [6, 6.07) is 26.7. The fraction of sp³-hybridized carbons (Fsp3) is 0.278. The van der Waals surface area contributed by atoms with Gasteiger partial charge in [0.25, 0.3) is 10.0 Å². The van der Waals surface area contributed by atoms with Crippen LogP contribution < -0.4 is 14.4 Å². The van der Waals surface area contributed by atoms with Gasteiger partial charge in [0.1, 0.15) is 18.3 Å². The maximum absolute atomic E-state index is 14.6. The van der Waals surface area contributed by atoms with Gasteiger partial charge in [-0.2, -0.15) is 0 Å². The monoisotopic (exact) mass is 739 g/mol. The summed E-state index contributed by atoms with van der Waals surface area (Å²) in [4.78, 5) is 30.0. The molecule has 0 unspecified atom stereocenters. The molecule has 4 aromatic carbocycles. The molecule has 8 nitrogen and oxygen atoms in total. The van der Waals surface area contributed by atoms with Gasteiger partial charge in [0, 0.05) is 24.0 Å². The van der Waals surface area contributed by atoms with Crippen molar-refractivity contribution >= 4 is 55.1 Å². The van der Waals surface area contributed by atoms with Gasteiger partial charge in [-0.1, -0.05) is 78.7 Å². The minimum absolute atomic E-state index is 0.0295. The Morgan fingerprint density at radius 1 is 0.936 bits per heavy atom. The van der Waals surface area contributed by atoms with Crippen LogP contribution in [0, 0.1) is 6.92 Å². The Kier molecular flexibility index (Phi) is 12.5. The first-order valence-corrected chi connectivity index (χ1v) is 17.8. The van der Waals surface area contributed by atoms with Crippen LogP contribution in [-0.2, 0) is 32.6 Å². The number of amides is 2. The van der Waals surface area contributed by atoms with Crippen LogP contribution in [0.3, 0.4) is 0 Å². The van der Waals surface area contributed by atoms with Gasteiger partial charge in [0.15, 0.2) is 0 Å². The summed E-state index contributed by atoms with van der Waals surface area (Å²) in [6.45, 7) is 5.27. The van der Waals surface area contributed by atoms with Crippen LogP contribution in [0.2, 0.25) is 5.02 Å². The smallest absolute Gasteiger partial charge is 0.264 e. The quantitative estimate of drug-likeness (QED) is 0.148. The number of anilines is 1. The molecular weight excluding hydrogens is 702 g/mol. The summed E-state index contributed by atoms with van der Waals surface area (Å²) in [5.74, 6) is -0.404. The summed E-state index contributed by atoms with van der Waals surface area (Å²) >= 11 is 9.55. The highest BCUT2D eigenvalue weighted by Gasteiger charge is 2.35. The van der Waals surface area contributed by atoms with Gasteiger partial charge in [-0.05, 0) is 89.8 Å². The molecule has 2 amide bonds. The van der Waals surface area contributed by atoms with Crippen molar-refractivity contribution in [3.05, 3.63) is 123 Å². The third-order valence-corrected chi connectivity index (χ3v) is 10.5. The van der Waals surface area contributed by atoms with Gasteiger partial charge in [-0.25, -0.2) is 8.42 Å². The van der Waals surface area contributed by atoms with E-state index in [1.807, 2.05) is 51.1 Å². The molecule has 0 aliphatic rings. The maximum Gasteiger partial charge on any atom is 0.264 e. The number of methoxy groups -OCH3 is 1. The maximum atomic E-state index is 14.6. The second-order valence-corrected chi connectivity index (χ2v) is 14.5.